The van der Waals surface area contributed by atoms with E-state index in [2.05, 4.69) is 20.9 Å². The number of benzene rings is 1. The lowest BCUT2D eigenvalue weighted by molar-refractivity contribution is 0.415. The molecule has 1 aromatic carbocycles. The summed E-state index contributed by atoms with van der Waals surface area (Å²) in [7, 11) is 1.66. The standard InChI is InChI=1S/C10H8BrNO/c1-13-8-3-2-7-5-12-6-10(11)9(7)4-8/h2-6H,1H3. The van der Waals surface area contributed by atoms with Crippen LogP contribution >= 0.6 is 15.9 Å². The van der Waals surface area contributed by atoms with Gasteiger partial charge in [0.05, 0.1) is 7.11 Å². The quantitative estimate of drug-likeness (QED) is 0.761. The molecule has 2 nitrogen and oxygen atoms in total. The molecule has 2 aromatic rings. The van der Waals surface area contributed by atoms with Crippen LogP contribution in [0.15, 0.2) is 35.1 Å². The van der Waals surface area contributed by atoms with Gasteiger partial charge in [-0.05, 0) is 34.1 Å². The van der Waals surface area contributed by atoms with E-state index in [-0.39, 0.29) is 0 Å². The predicted octanol–water partition coefficient (Wildman–Crippen LogP) is 3.01. The van der Waals surface area contributed by atoms with E-state index in [4.69, 9.17) is 4.74 Å². The first-order valence-electron chi connectivity index (χ1n) is 3.88. The zero-order chi connectivity index (χ0) is 9.26. The van der Waals surface area contributed by atoms with Crippen LogP contribution in [-0.4, -0.2) is 12.1 Å². The molecule has 0 spiro atoms. The van der Waals surface area contributed by atoms with Crippen LogP contribution < -0.4 is 4.74 Å². The highest BCUT2D eigenvalue weighted by molar-refractivity contribution is 9.10. The molecule has 2 rings (SSSR count). The average Bonchev–Trinajstić information content (AvgIpc) is 2.18. The minimum Gasteiger partial charge on any atom is -0.497 e. The summed E-state index contributed by atoms with van der Waals surface area (Å²) >= 11 is 3.44. The molecule has 0 radical (unpaired) electrons. The molecule has 0 saturated carbocycles. The van der Waals surface area contributed by atoms with Gasteiger partial charge in [-0.2, -0.15) is 0 Å². The minimum absolute atomic E-state index is 0.861. The second-order valence-electron chi connectivity index (χ2n) is 2.71. The Bertz CT molecular complexity index is 442. The lowest BCUT2D eigenvalue weighted by atomic mass is 10.2. The zero-order valence-corrected chi connectivity index (χ0v) is 8.71. The van der Waals surface area contributed by atoms with Crippen LogP contribution in [0, 0.1) is 0 Å². The number of pyridine rings is 1. The molecule has 0 amide bonds. The molecule has 13 heavy (non-hydrogen) atoms. The highest BCUT2D eigenvalue weighted by Gasteiger charge is 1.99. The summed E-state index contributed by atoms with van der Waals surface area (Å²) in [5.41, 5.74) is 0. The Balaban J connectivity index is 2.74. The molecule has 0 aliphatic carbocycles. The minimum atomic E-state index is 0.861. The van der Waals surface area contributed by atoms with Crippen LogP contribution in [-0.2, 0) is 0 Å². The predicted molar refractivity (Wildman–Crippen MR) is 56.0 cm³/mol. The molecule has 0 aliphatic heterocycles. The molecule has 0 N–H and O–H groups in total. The SMILES string of the molecule is COc1ccc2cncc(Br)c2c1. The topological polar surface area (TPSA) is 22.1 Å². The molecule has 0 fully saturated rings. The number of methoxy groups -OCH3 is 1. The molecule has 0 bridgehead atoms. The second-order valence-corrected chi connectivity index (χ2v) is 3.56. The number of halogens is 1. The molecule has 0 aliphatic rings. The van der Waals surface area contributed by atoms with E-state index in [1.54, 1.807) is 13.3 Å². The Hall–Kier alpha value is -1.09. The first-order chi connectivity index (χ1) is 6.31. The Morgan fingerprint density at radius 3 is 2.92 bits per heavy atom. The van der Waals surface area contributed by atoms with Crippen molar-refractivity contribution in [3.05, 3.63) is 35.1 Å². The fourth-order valence-electron chi connectivity index (χ4n) is 1.23. The van der Waals surface area contributed by atoms with Gasteiger partial charge in [0.15, 0.2) is 0 Å². The molecule has 3 heteroatoms. The summed E-state index contributed by atoms with van der Waals surface area (Å²) in [6.45, 7) is 0. The number of fused-ring (bicyclic) bond motifs is 1. The van der Waals surface area contributed by atoms with Crippen LogP contribution in [0.3, 0.4) is 0 Å². The van der Waals surface area contributed by atoms with E-state index in [0.29, 0.717) is 0 Å². The number of nitrogens with zero attached hydrogens (tertiary/aromatic N) is 1. The monoisotopic (exact) mass is 237 g/mol. The van der Waals surface area contributed by atoms with E-state index in [0.717, 1.165) is 21.0 Å². The lowest BCUT2D eigenvalue weighted by Crippen LogP contribution is -1.83. The molecular weight excluding hydrogens is 230 g/mol. The summed E-state index contributed by atoms with van der Waals surface area (Å²) in [6.07, 6.45) is 3.61. The summed E-state index contributed by atoms with van der Waals surface area (Å²) in [6, 6.07) is 5.91. The maximum atomic E-state index is 5.14. The van der Waals surface area contributed by atoms with E-state index < -0.39 is 0 Å². The van der Waals surface area contributed by atoms with Gasteiger partial charge in [-0.15, -0.1) is 0 Å². The van der Waals surface area contributed by atoms with Crippen molar-refractivity contribution in [2.45, 2.75) is 0 Å². The average molecular weight is 238 g/mol. The van der Waals surface area contributed by atoms with Crippen LogP contribution in [0.4, 0.5) is 0 Å². The molecule has 1 heterocycles. The van der Waals surface area contributed by atoms with Gasteiger partial charge in [0.1, 0.15) is 5.75 Å². The van der Waals surface area contributed by atoms with Gasteiger partial charge in [0.25, 0.3) is 0 Å². The lowest BCUT2D eigenvalue weighted by Gasteiger charge is -2.02. The van der Waals surface area contributed by atoms with Crippen molar-refractivity contribution in [1.82, 2.24) is 4.98 Å². The van der Waals surface area contributed by atoms with Gasteiger partial charge in [0, 0.05) is 27.6 Å². The molecule has 0 saturated heterocycles. The van der Waals surface area contributed by atoms with Crippen LogP contribution in [0.1, 0.15) is 0 Å². The maximum Gasteiger partial charge on any atom is 0.119 e. The third kappa shape index (κ3) is 1.52. The first kappa shape index (κ1) is 8.51. The van der Waals surface area contributed by atoms with Gasteiger partial charge in [-0.25, -0.2) is 0 Å². The number of hydrogen-bond acceptors (Lipinski definition) is 2. The summed E-state index contributed by atoms with van der Waals surface area (Å²) in [4.78, 5) is 4.08. The fourth-order valence-corrected chi connectivity index (χ4v) is 1.70. The Kier molecular flexibility index (Phi) is 2.19. The van der Waals surface area contributed by atoms with E-state index >= 15 is 0 Å². The van der Waals surface area contributed by atoms with E-state index in [1.807, 2.05) is 24.4 Å². The molecule has 1 aromatic heterocycles. The van der Waals surface area contributed by atoms with Crippen molar-refractivity contribution >= 4 is 26.7 Å². The second kappa shape index (κ2) is 3.34. The van der Waals surface area contributed by atoms with Gasteiger partial charge in [-0.1, -0.05) is 0 Å². The van der Waals surface area contributed by atoms with E-state index in [1.165, 1.54) is 0 Å². The van der Waals surface area contributed by atoms with Gasteiger partial charge in [0.2, 0.25) is 0 Å². The highest BCUT2D eigenvalue weighted by atomic mass is 79.9. The maximum absolute atomic E-state index is 5.14. The van der Waals surface area contributed by atoms with Crippen LogP contribution in [0.2, 0.25) is 0 Å². The van der Waals surface area contributed by atoms with Crippen molar-refractivity contribution in [2.75, 3.05) is 7.11 Å². The molecular formula is C10H8BrNO. The van der Waals surface area contributed by atoms with Crippen molar-refractivity contribution in [3.8, 4) is 5.75 Å². The van der Waals surface area contributed by atoms with Gasteiger partial charge < -0.3 is 4.74 Å². The summed E-state index contributed by atoms with van der Waals surface area (Å²) in [5, 5.41) is 2.23. The third-order valence-corrected chi connectivity index (χ3v) is 2.55. The van der Waals surface area contributed by atoms with Crippen molar-refractivity contribution in [2.24, 2.45) is 0 Å². The fraction of sp³-hybridized carbons (Fsp3) is 0.100. The third-order valence-electron chi connectivity index (χ3n) is 1.92. The van der Waals surface area contributed by atoms with Crippen molar-refractivity contribution in [1.29, 1.82) is 0 Å². The largest absolute Gasteiger partial charge is 0.497 e. The van der Waals surface area contributed by atoms with Crippen molar-refractivity contribution < 1.29 is 4.74 Å². The van der Waals surface area contributed by atoms with Crippen LogP contribution in [0.5, 0.6) is 5.75 Å². The molecule has 0 unspecified atom stereocenters. The van der Waals surface area contributed by atoms with E-state index in [9.17, 15) is 0 Å². The Morgan fingerprint density at radius 1 is 1.31 bits per heavy atom. The molecule has 0 atom stereocenters. The van der Waals surface area contributed by atoms with Crippen LogP contribution in [0.25, 0.3) is 10.8 Å². The smallest absolute Gasteiger partial charge is 0.119 e. The molecule has 66 valence electrons. The number of rotatable bonds is 1. The first-order valence-corrected chi connectivity index (χ1v) is 4.68. The van der Waals surface area contributed by atoms with Crippen molar-refractivity contribution in [3.63, 3.8) is 0 Å². The highest BCUT2D eigenvalue weighted by Crippen LogP contribution is 2.26. The van der Waals surface area contributed by atoms with Gasteiger partial charge >= 0.3 is 0 Å². The summed E-state index contributed by atoms with van der Waals surface area (Å²) in [5.74, 6) is 0.861. The zero-order valence-electron chi connectivity index (χ0n) is 7.12. The number of aromatic nitrogens is 1. The number of ether oxygens (including phenoxy) is 1. The van der Waals surface area contributed by atoms with Gasteiger partial charge in [-0.3, -0.25) is 4.98 Å². The normalized spacial score (nSPS) is 10.3. The number of hydrogen-bond donors (Lipinski definition) is 0. The Labute approximate surface area is 84.7 Å². The summed E-state index contributed by atoms with van der Waals surface area (Å²) < 4.78 is 6.13. The Morgan fingerprint density at radius 2 is 2.15 bits per heavy atom.